The lowest BCUT2D eigenvalue weighted by Gasteiger charge is -2.29. The summed E-state index contributed by atoms with van der Waals surface area (Å²) in [6.45, 7) is 1.83. The summed E-state index contributed by atoms with van der Waals surface area (Å²) in [4.78, 5) is 17.6. The van der Waals surface area contributed by atoms with E-state index in [0.717, 1.165) is 22.8 Å². The Morgan fingerprint density at radius 2 is 2.30 bits per heavy atom. The minimum Gasteiger partial charge on any atom is -0.481 e. The zero-order valence-electron chi connectivity index (χ0n) is 12.8. The summed E-state index contributed by atoms with van der Waals surface area (Å²) in [6.07, 6.45) is 2.25. The van der Waals surface area contributed by atoms with Crippen LogP contribution in [-0.4, -0.2) is 34.6 Å². The molecular weight excluding hydrogens is 299 g/mol. The second-order valence-corrected chi connectivity index (χ2v) is 5.53. The number of halogens is 1. The Morgan fingerprint density at radius 1 is 1.48 bits per heavy atom. The van der Waals surface area contributed by atoms with Gasteiger partial charge in [-0.25, -0.2) is 14.2 Å². The number of methoxy groups -OCH3 is 1. The van der Waals surface area contributed by atoms with Crippen molar-refractivity contribution in [2.24, 2.45) is 0 Å². The van der Waals surface area contributed by atoms with Crippen LogP contribution in [0.4, 0.5) is 4.39 Å². The molecule has 2 aromatic rings. The van der Waals surface area contributed by atoms with Crippen LogP contribution in [0, 0.1) is 5.82 Å². The summed E-state index contributed by atoms with van der Waals surface area (Å²) in [5.74, 6) is -1.02. The molecule has 1 aliphatic rings. The van der Waals surface area contributed by atoms with E-state index in [1.807, 2.05) is 12.1 Å². The molecule has 0 saturated heterocycles. The highest BCUT2D eigenvalue weighted by atomic mass is 19.1. The SMILES string of the molecule is COc1ncccc1CN1CCc2c(cc(F)cc2C(=O)O)C1. The van der Waals surface area contributed by atoms with Gasteiger partial charge in [0, 0.05) is 31.4 Å². The number of pyridine rings is 1. The zero-order valence-corrected chi connectivity index (χ0v) is 12.8. The first kappa shape index (κ1) is 15.4. The third-order valence-electron chi connectivity index (χ3n) is 4.05. The molecule has 3 rings (SSSR count). The van der Waals surface area contributed by atoms with Crippen LogP contribution in [0.1, 0.15) is 27.0 Å². The topological polar surface area (TPSA) is 62.7 Å². The van der Waals surface area contributed by atoms with Crippen molar-refractivity contribution >= 4 is 5.97 Å². The van der Waals surface area contributed by atoms with E-state index in [4.69, 9.17) is 4.74 Å². The largest absolute Gasteiger partial charge is 0.481 e. The first-order valence-corrected chi connectivity index (χ1v) is 7.33. The monoisotopic (exact) mass is 316 g/mol. The predicted octanol–water partition coefficient (Wildman–Crippen LogP) is 2.49. The minimum absolute atomic E-state index is 0.0682. The lowest BCUT2D eigenvalue weighted by atomic mass is 9.94. The summed E-state index contributed by atoms with van der Waals surface area (Å²) < 4.78 is 18.9. The van der Waals surface area contributed by atoms with E-state index in [0.29, 0.717) is 31.9 Å². The Balaban J connectivity index is 1.84. The van der Waals surface area contributed by atoms with E-state index in [2.05, 4.69) is 9.88 Å². The number of fused-ring (bicyclic) bond motifs is 1. The molecule has 1 aliphatic heterocycles. The molecule has 0 bridgehead atoms. The number of aromatic nitrogens is 1. The first-order chi connectivity index (χ1) is 11.1. The fourth-order valence-electron chi connectivity index (χ4n) is 3.01. The number of carboxylic acids is 1. The van der Waals surface area contributed by atoms with Gasteiger partial charge in [0.25, 0.3) is 0 Å². The second-order valence-electron chi connectivity index (χ2n) is 5.53. The molecule has 1 N–H and O–H groups in total. The lowest BCUT2D eigenvalue weighted by Crippen LogP contribution is -2.31. The van der Waals surface area contributed by atoms with Gasteiger partial charge in [-0.1, -0.05) is 6.07 Å². The van der Waals surface area contributed by atoms with Crippen LogP contribution in [-0.2, 0) is 19.5 Å². The van der Waals surface area contributed by atoms with Gasteiger partial charge in [-0.3, -0.25) is 4.90 Å². The Labute approximate surface area is 133 Å². The van der Waals surface area contributed by atoms with Crippen molar-refractivity contribution in [3.05, 3.63) is 58.5 Å². The number of ether oxygens (including phenoxy) is 1. The van der Waals surface area contributed by atoms with Crippen LogP contribution in [0.5, 0.6) is 5.88 Å². The van der Waals surface area contributed by atoms with E-state index in [1.165, 1.54) is 6.07 Å². The van der Waals surface area contributed by atoms with E-state index in [1.54, 1.807) is 13.3 Å². The van der Waals surface area contributed by atoms with E-state index in [-0.39, 0.29) is 5.56 Å². The van der Waals surface area contributed by atoms with Gasteiger partial charge in [-0.05, 0) is 35.7 Å². The molecule has 120 valence electrons. The molecule has 0 atom stereocenters. The van der Waals surface area contributed by atoms with Gasteiger partial charge in [0.05, 0.1) is 12.7 Å². The number of benzene rings is 1. The average molecular weight is 316 g/mol. The van der Waals surface area contributed by atoms with Crippen molar-refractivity contribution in [1.29, 1.82) is 0 Å². The molecule has 0 amide bonds. The number of carboxylic acid groups (broad SMARTS) is 1. The van der Waals surface area contributed by atoms with E-state index in [9.17, 15) is 14.3 Å². The number of hydrogen-bond donors (Lipinski definition) is 1. The first-order valence-electron chi connectivity index (χ1n) is 7.33. The second kappa shape index (κ2) is 6.34. The van der Waals surface area contributed by atoms with Crippen molar-refractivity contribution in [2.75, 3.05) is 13.7 Å². The maximum absolute atomic E-state index is 13.7. The molecule has 0 saturated carbocycles. The normalized spacial score (nSPS) is 14.3. The van der Waals surface area contributed by atoms with Crippen molar-refractivity contribution in [3.8, 4) is 5.88 Å². The molecule has 23 heavy (non-hydrogen) atoms. The Hall–Kier alpha value is -2.47. The molecule has 0 unspecified atom stereocenters. The van der Waals surface area contributed by atoms with Crippen molar-refractivity contribution in [1.82, 2.24) is 9.88 Å². The molecule has 5 nitrogen and oxygen atoms in total. The maximum Gasteiger partial charge on any atom is 0.336 e. The molecule has 0 radical (unpaired) electrons. The van der Waals surface area contributed by atoms with Crippen LogP contribution in [0.2, 0.25) is 0 Å². The summed E-state index contributed by atoms with van der Waals surface area (Å²) in [7, 11) is 1.58. The van der Waals surface area contributed by atoms with Gasteiger partial charge < -0.3 is 9.84 Å². The number of rotatable bonds is 4. The van der Waals surface area contributed by atoms with Gasteiger partial charge in [0.2, 0.25) is 5.88 Å². The molecule has 2 heterocycles. The lowest BCUT2D eigenvalue weighted by molar-refractivity contribution is 0.0694. The minimum atomic E-state index is -1.08. The predicted molar refractivity (Wildman–Crippen MR) is 82.0 cm³/mol. The molecule has 0 spiro atoms. The Kier molecular flexibility index (Phi) is 4.25. The standard InChI is InChI=1S/C17H17FN2O3/c1-23-16-11(3-2-5-19-16)9-20-6-4-14-12(10-20)7-13(18)8-15(14)17(21)22/h2-3,5,7-8H,4,6,9-10H2,1H3,(H,21,22). The summed E-state index contributed by atoms with van der Waals surface area (Å²) in [5.41, 5.74) is 2.48. The molecule has 0 aliphatic carbocycles. The summed E-state index contributed by atoms with van der Waals surface area (Å²) in [5, 5.41) is 9.23. The maximum atomic E-state index is 13.7. The van der Waals surface area contributed by atoms with Crippen LogP contribution >= 0.6 is 0 Å². The van der Waals surface area contributed by atoms with Gasteiger partial charge in [-0.15, -0.1) is 0 Å². The number of hydrogen-bond acceptors (Lipinski definition) is 4. The molecule has 6 heteroatoms. The van der Waals surface area contributed by atoms with Crippen molar-refractivity contribution in [2.45, 2.75) is 19.5 Å². The summed E-state index contributed by atoms with van der Waals surface area (Å²) in [6, 6.07) is 6.31. The van der Waals surface area contributed by atoms with E-state index < -0.39 is 11.8 Å². The van der Waals surface area contributed by atoms with E-state index >= 15 is 0 Å². The number of nitrogens with zero attached hydrogens (tertiary/aromatic N) is 2. The number of carbonyl (C=O) groups is 1. The fourth-order valence-corrected chi connectivity index (χ4v) is 3.01. The van der Waals surface area contributed by atoms with Gasteiger partial charge in [-0.2, -0.15) is 0 Å². The van der Waals surface area contributed by atoms with Crippen molar-refractivity contribution < 1.29 is 19.0 Å². The fraction of sp³-hybridized carbons (Fsp3) is 0.294. The Morgan fingerprint density at radius 3 is 3.04 bits per heavy atom. The van der Waals surface area contributed by atoms with Gasteiger partial charge in [0.15, 0.2) is 0 Å². The van der Waals surface area contributed by atoms with Crippen LogP contribution in [0.25, 0.3) is 0 Å². The third-order valence-corrected chi connectivity index (χ3v) is 4.05. The average Bonchev–Trinajstić information content (AvgIpc) is 2.54. The highest BCUT2D eigenvalue weighted by Gasteiger charge is 2.23. The highest BCUT2D eigenvalue weighted by Crippen LogP contribution is 2.26. The number of aromatic carboxylic acids is 1. The van der Waals surface area contributed by atoms with Crippen molar-refractivity contribution in [3.63, 3.8) is 0 Å². The third kappa shape index (κ3) is 3.17. The molecule has 0 fully saturated rings. The van der Waals surface area contributed by atoms with Gasteiger partial charge in [0.1, 0.15) is 5.82 Å². The van der Waals surface area contributed by atoms with Crippen LogP contribution in [0.15, 0.2) is 30.5 Å². The molecule has 1 aromatic heterocycles. The molecule has 1 aromatic carbocycles. The quantitative estimate of drug-likeness (QED) is 0.939. The summed E-state index contributed by atoms with van der Waals surface area (Å²) >= 11 is 0. The molecular formula is C17H17FN2O3. The highest BCUT2D eigenvalue weighted by molar-refractivity contribution is 5.90. The van der Waals surface area contributed by atoms with Crippen LogP contribution in [0.3, 0.4) is 0 Å². The Bertz CT molecular complexity index is 749. The smallest absolute Gasteiger partial charge is 0.336 e. The van der Waals surface area contributed by atoms with Crippen LogP contribution < -0.4 is 4.74 Å². The van der Waals surface area contributed by atoms with Gasteiger partial charge >= 0.3 is 5.97 Å². The zero-order chi connectivity index (χ0) is 16.4.